The van der Waals surface area contributed by atoms with E-state index in [2.05, 4.69) is 15.0 Å². The van der Waals surface area contributed by atoms with E-state index in [1.54, 1.807) is 38.1 Å². The molecule has 3 N–H and O–H groups in total. The normalized spacial score (nSPS) is 17.5. The van der Waals surface area contributed by atoms with Crippen molar-refractivity contribution in [3.05, 3.63) is 89.5 Å². The van der Waals surface area contributed by atoms with Gasteiger partial charge in [-0.1, -0.05) is 19.1 Å². The first-order valence-corrected chi connectivity index (χ1v) is 14.1. The molecule has 1 amide bonds. The highest BCUT2D eigenvalue weighted by atomic mass is 127. The Morgan fingerprint density at radius 1 is 1.14 bits per heavy atom. The Bertz CT molecular complexity index is 1600. The first-order chi connectivity index (χ1) is 17.4. The van der Waals surface area contributed by atoms with Crippen LogP contribution in [0.5, 0.6) is 0 Å². The van der Waals surface area contributed by atoms with E-state index in [0.717, 1.165) is 0 Å². The number of halogens is 2. The van der Waals surface area contributed by atoms with Crippen LogP contribution in [-0.2, 0) is 20.6 Å². The van der Waals surface area contributed by atoms with E-state index in [-0.39, 0.29) is 40.8 Å². The van der Waals surface area contributed by atoms with Crippen molar-refractivity contribution in [1.29, 1.82) is 0 Å². The number of rotatable bonds is 7. The number of hydrogen-bond acceptors (Lipinski definition) is 6. The van der Waals surface area contributed by atoms with Crippen LogP contribution in [0.1, 0.15) is 42.8 Å². The summed E-state index contributed by atoms with van der Waals surface area (Å²) in [7, 11) is -2.11. The topological polar surface area (TPSA) is 133 Å². The third-order valence-corrected chi connectivity index (χ3v) is 8.20. The molecule has 196 valence electrons. The largest absolute Gasteiger partial charge is 0.359 e. The molecule has 2 aromatic carbocycles. The molecule has 0 aliphatic carbocycles. The fourth-order valence-electron chi connectivity index (χ4n) is 4.46. The zero-order valence-corrected chi connectivity index (χ0v) is 23.2. The van der Waals surface area contributed by atoms with Crippen molar-refractivity contribution in [2.24, 2.45) is 0 Å². The SMILES string of the molecule is CCNS(=O)(=O)Cc1cccc(-n2c3c(c(=O)[nH]c2=O)C(Nc2ccc(I)cc2F)N(C)C(=O)C3C)c1. The van der Waals surface area contributed by atoms with Crippen molar-refractivity contribution in [1.82, 2.24) is 19.2 Å². The molecule has 2 atom stereocenters. The maximum absolute atomic E-state index is 14.7. The first kappa shape index (κ1) is 27.0. The van der Waals surface area contributed by atoms with Crippen molar-refractivity contribution < 1.29 is 17.6 Å². The summed E-state index contributed by atoms with van der Waals surface area (Å²) in [4.78, 5) is 43.0. The molecule has 3 aromatic rings. The molecule has 1 aliphatic rings. The smallest absolute Gasteiger partial charge is 0.333 e. The average Bonchev–Trinajstić information content (AvgIpc) is 2.81. The number of amides is 1. The monoisotopic (exact) mass is 641 g/mol. The van der Waals surface area contributed by atoms with Crippen LogP contribution in [0.2, 0.25) is 0 Å². The molecule has 37 heavy (non-hydrogen) atoms. The molecule has 10 nitrogen and oxygen atoms in total. The highest BCUT2D eigenvalue weighted by molar-refractivity contribution is 14.1. The number of likely N-dealkylation sites (N-methyl/N-ethyl adjacent to an activating group) is 1. The Kier molecular flexibility index (Phi) is 7.57. The van der Waals surface area contributed by atoms with Gasteiger partial charge < -0.3 is 10.2 Å². The van der Waals surface area contributed by atoms with Crippen LogP contribution in [0.15, 0.2) is 52.1 Å². The third-order valence-electron chi connectivity index (χ3n) is 6.09. The van der Waals surface area contributed by atoms with Crippen molar-refractivity contribution in [2.45, 2.75) is 31.7 Å². The first-order valence-electron chi connectivity index (χ1n) is 11.4. The zero-order chi connectivity index (χ0) is 27.1. The number of carbonyl (C=O) groups is 1. The molecule has 13 heteroatoms. The quantitative estimate of drug-likeness (QED) is 0.340. The van der Waals surface area contributed by atoms with Crippen LogP contribution >= 0.6 is 22.6 Å². The van der Waals surface area contributed by atoms with Crippen LogP contribution in [0.25, 0.3) is 5.69 Å². The lowest BCUT2D eigenvalue weighted by molar-refractivity contribution is -0.134. The Morgan fingerprint density at radius 2 is 1.86 bits per heavy atom. The number of nitrogens with zero attached hydrogens (tertiary/aromatic N) is 2. The highest BCUT2D eigenvalue weighted by Gasteiger charge is 2.40. The third kappa shape index (κ3) is 5.33. The molecule has 0 bridgehead atoms. The Labute approximate surface area is 226 Å². The number of nitrogens with one attached hydrogen (secondary N) is 3. The van der Waals surface area contributed by atoms with Crippen LogP contribution in [-0.4, -0.2) is 42.4 Å². The second kappa shape index (κ2) is 10.4. The molecule has 0 fully saturated rings. The summed E-state index contributed by atoms with van der Waals surface area (Å²) < 4.78 is 43.5. The minimum atomic E-state index is -3.60. The van der Waals surface area contributed by atoms with E-state index < -0.39 is 39.2 Å². The van der Waals surface area contributed by atoms with Gasteiger partial charge in [-0.15, -0.1) is 0 Å². The standard InChI is InChI=1S/C24H25FIN5O5S/c1-4-27-37(35,36)12-14-6-5-7-16(10-14)31-20-13(2)23(33)30(3)21(19(20)22(32)29-24(31)34)28-18-9-8-15(26)11-17(18)25/h5-11,13,21,27-28H,4,12H2,1-3H3,(H,29,32,34). The predicted molar refractivity (Wildman–Crippen MR) is 146 cm³/mol. The van der Waals surface area contributed by atoms with E-state index in [1.165, 1.54) is 34.7 Å². The van der Waals surface area contributed by atoms with Gasteiger partial charge in [0.25, 0.3) is 5.56 Å². The highest BCUT2D eigenvalue weighted by Crippen LogP contribution is 2.35. The number of H-pyrrole nitrogens is 1. The van der Waals surface area contributed by atoms with Crippen LogP contribution in [0.3, 0.4) is 0 Å². The van der Waals surface area contributed by atoms with E-state index in [9.17, 15) is 27.2 Å². The van der Waals surface area contributed by atoms with Crippen LogP contribution in [0.4, 0.5) is 10.1 Å². The number of carbonyl (C=O) groups excluding carboxylic acids is 1. The fourth-order valence-corrected chi connectivity index (χ4v) is 6.07. The summed E-state index contributed by atoms with van der Waals surface area (Å²) in [5, 5.41) is 2.93. The molecule has 0 radical (unpaired) electrons. The molecular formula is C24H25FIN5O5S. The number of fused-ring (bicyclic) bond motifs is 1. The van der Waals surface area contributed by atoms with E-state index in [4.69, 9.17) is 0 Å². The Balaban J connectivity index is 1.89. The molecule has 4 rings (SSSR count). The van der Waals surface area contributed by atoms with Gasteiger partial charge in [0.1, 0.15) is 12.0 Å². The van der Waals surface area contributed by atoms with Crippen molar-refractivity contribution in [3.63, 3.8) is 0 Å². The van der Waals surface area contributed by atoms with Crippen molar-refractivity contribution in [2.75, 3.05) is 18.9 Å². The average molecular weight is 641 g/mol. The van der Waals surface area contributed by atoms with Crippen LogP contribution in [0, 0.1) is 9.39 Å². The van der Waals surface area contributed by atoms with Crippen LogP contribution < -0.4 is 21.3 Å². The predicted octanol–water partition coefficient (Wildman–Crippen LogP) is 2.39. The number of anilines is 1. The number of hydrogen-bond donors (Lipinski definition) is 3. The second-order valence-corrected chi connectivity index (χ2v) is 11.7. The number of aromatic amines is 1. The van der Waals surface area contributed by atoms with Gasteiger partial charge >= 0.3 is 5.69 Å². The lowest BCUT2D eigenvalue weighted by atomic mass is 9.93. The minimum absolute atomic E-state index is 0.0813. The van der Waals surface area contributed by atoms with E-state index in [0.29, 0.717) is 9.13 Å². The number of sulfonamides is 1. The second-order valence-electron chi connectivity index (χ2n) is 8.66. The van der Waals surface area contributed by atoms with E-state index >= 15 is 0 Å². The lowest BCUT2D eigenvalue weighted by Crippen LogP contribution is -2.49. The van der Waals surface area contributed by atoms with Crippen molar-refractivity contribution in [3.8, 4) is 5.69 Å². The molecule has 2 heterocycles. The van der Waals surface area contributed by atoms with Crippen molar-refractivity contribution >= 4 is 44.2 Å². The summed E-state index contributed by atoms with van der Waals surface area (Å²) in [6.45, 7) is 3.48. The molecule has 1 aliphatic heterocycles. The summed E-state index contributed by atoms with van der Waals surface area (Å²) in [5.41, 5.74) is -0.489. The maximum Gasteiger partial charge on any atom is 0.333 e. The zero-order valence-electron chi connectivity index (χ0n) is 20.2. The van der Waals surface area contributed by atoms with Gasteiger partial charge in [0, 0.05) is 17.2 Å². The molecular weight excluding hydrogens is 616 g/mol. The Hall–Kier alpha value is -3.04. The van der Waals surface area contributed by atoms with Gasteiger partial charge in [0.2, 0.25) is 15.9 Å². The van der Waals surface area contributed by atoms with E-state index in [1.807, 2.05) is 22.6 Å². The minimum Gasteiger partial charge on any atom is -0.359 e. The maximum atomic E-state index is 14.7. The summed E-state index contributed by atoms with van der Waals surface area (Å²) in [6, 6.07) is 10.8. The van der Waals surface area contributed by atoms with Gasteiger partial charge in [-0.05, 0) is 65.4 Å². The number of benzene rings is 2. The van der Waals surface area contributed by atoms with Gasteiger partial charge in [0.15, 0.2) is 0 Å². The Morgan fingerprint density at radius 3 is 2.54 bits per heavy atom. The molecule has 0 saturated heterocycles. The summed E-state index contributed by atoms with van der Waals surface area (Å²) in [6.07, 6.45) is -1.07. The van der Waals surface area contributed by atoms with Gasteiger partial charge in [-0.3, -0.25) is 19.1 Å². The van der Waals surface area contributed by atoms with Gasteiger partial charge in [-0.2, -0.15) is 0 Å². The fraction of sp³-hybridized carbons (Fsp3) is 0.292. The number of aromatic nitrogens is 2. The molecule has 0 saturated carbocycles. The molecule has 1 aromatic heterocycles. The summed E-state index contributed by atoms with van der Waals surface area (Å²) >= 11 is 1.97. The molecule has 0 spiro atoms. The van der Waals surface area contributed by atoms with Gasteiger partial charge in [0.05, 0.1) is 34.3 Å². The summed E-state index contributed by atoms with van der Waals surface area (Å²) in [5.74, 6) is -2.15. The van der Waals surface area contributed by atoms with Gasteiger partial charge in [-0.25, -0.2) is 22.3 Å². The molecule has 2 unspecified atom stereocenters. The lowest BCUT2D eigenvalue weighted by Gasteiger charge is -2.38.